The molecule has 16 heteroatoms. The van der Waals surface area contributed by atoms with E-state index < -0.39 is 18.0 Å². The molecule has 222 valence electrons. The Balaban J connectivity index is 0.000000472. The fraction of sp³-hybridized carbons (Fsp3) is 0.185. The van der Waals surface area contributed by atoms with Crippen LogP contribution in [0.4, 0.5) is 23.4 Å². The van der Waals surface area contributed by atoms with Gasteiger partial charge in [0.25, 0.3) is 5.91 Å². The van der Waals surface area contributed by atoms with E-state index in [2.05, 4.69) is 15.3 Å². The predicted molar refractivity (Wildman–Crippen MR) is 144 cm³/mol. The molecule has 1 fully saturated rings. The molecule has 1 unspecified atom stereocenters. The third kappa shape index (κ3) is 5.85. The highest BCUT2D eigenvalue weighted by molar-refractivity contribution is 6.09. The number of pyridine rings is 1. The quantitative estimate of drug-likeness (QED) is 0.259. The van der Waals surface area contributed by atoms with E-state index in [1.807, 2.05) is 30.3 Å². The van der Waals surface area contributed by atoms with Crippen molar-refractivity contribution in [2.75, 3.05) is 18.8 Å². The maximum atomic E-state index is 13.8. The molecule has 1 aliphatic rings. The average molecular weight is 599 g/mol. The molecule has 0 spiro atoms. The van der Waals surface area contributed by atoms with Gasteiger partial charge in [0, 0.05) is 36.6 Å². The number of alkyl halides is 3. The molecule has 1 amide bonds. The number of anilines is 1. The molecule has 1 saturated heterocycles. The summed E-state index contributed by atoms with van der Waals surface area (Å²) in [5.74, 6) is -3.07. The van der Waals surface area contributed by atoms with E-state index in [1.165, 1.54) is 12.1 Å². The Kier molecular flexibility index (Phi) is 7.78. The molecule has 4 heterocycles. The summed E-state index contributed by atoms with van der Waals surface area (Å²) in [6, 6.07) is 15.3. The second-order valence-corrected chi connectivity index (χ2v) is 9.43. The Morgan fingerprint density at radius 2 is 1.70 bits per heavy atom. The first-order chi connectivity index (χ1) is 20.5. The number of aliphatic carboxylic acids is 1. The number of hydrogen-bond donors (Lipinski definition) is 3. The normalized spacial score (nSPS) is 14.9. The van der Waals surface area contributed by atoms with Gasteiger partial charge in [0.05, 0.1) is 16.8 Å². The van der Waals surface area contributed by atoms with Crippen LogP contribution in [0.5, 0.6) is 0 Å². The fourth-order valence-corrected chi connectivity index (χ4v) is 4.54. The van der Waals surface area contributed by atoms with Gasteiger partial charge in [-0.25, -0.2) is 18.8 Å². The molecule has 1 atom stereocenters. The van der Waals surface area contributed by atoms with Crippen LogP contribution in [0.2, 0.25) is 0 Å². The molecular formula is C27H22F4N8O4. The first kappa shape index (κ1) is 29.1. The molecule has 0 saturated carbocycles. The number of nitrogens with zero attached hydrogens (tertiary/aromatic N) is 6. The summed E-state index contributed by atoms with van der Waals surface area (Å²) >= 11 is 0. The monoisotopic (exact) mass is 598 g/mol. The summed E-state index contributed by atoms with van der Waals surface area (Å²) in [5, 5.41) is 14.8. The number of imidazole rings is 1. The lowest BCUT2D eigenvalue weighted by Crippen LogP contribution is -2.32. The number of carbonyl (C=O) groups excluding carboxylic acids is 1. The number of carbonyl (C=O) groups is 2. The van der Waals surface area contributed by atoms with Crippen LogP contribution in [-0.2, 0) is 4.79 Å². The lowest BCUT2D eigenvalue weighted by molar-refractivity contribution is -0.192. The Bertz CT molecular complexity index is 1790. The minimum absolute atomic E-state index is 0.0290. The van der Waals surface area contributed by atoms with Gasteiger partial charge in [-0.3, -0.25) is 14.3 Å². The molecule has 6 rings (SSSR count). The summed E-state index contributed by atoms with van der Waals surface area (Å²) in [4.78, 5) is 33.8. The van der Waals surface area contributed by atoms with Crippen LogP contribution < -0.4 is 11.5 Å². The van der Waals surface area contributed by atoms with Crippen molar-refractivity contribution in [3.05, 3.63) is 72.2 Å². The zero-order valence-electron chi connectivity index (χ0n) is 22.0. The summed E-state index contributed by atoms with van der Waals surface area (Å²) in [7, 11) is 0. The molecule has 43 heavy (non-hydrogen) atoms. The Morgan fingerprint density at radius 1 is 1.02 bits per heavy atom. The summed E-state index contributed by atoms with van der Waals surface area (Å²) in [6.45, 7) is 0.984. The van der Waals surface area contributed by atoms with Crippen LogP contribution in [0.1, 0.15) is 16.8 Å². The summed E-state index contributed by atoms with van der Waals surface area (Å²) < 4.78 is 52.1. The van der Waals surface area contributed by atoms with Gasteiger partial charge < -0.3 is 21.5 Å². The molecule has 1 aliphatic heterocycles. The first-order valence-corrected chi connectivity index (χ1v) is 12.6. The van der Waals surface area contributed by atoms with Crippen LogP contribution in [0.3, 0.4) is 0 Å². The van der Waals surface area contributed by atoms with Gasteiger partial charge in [-0.1, -0.05) is 30.3 Å². The van der Waals surface area contributed by atoms with Gasteiger partial charge in [0.15, 0.2) is 17.3 Å². The summed E-state index contributed by atoms with van der Waals surface area (Å²) in [6.07, 6.45) is -2.82. The Labute approximate surface area is 239 Å². The van der Waals surface area contributed by atoms with Gasteiger partial charge in [-0.15, -0.1) is 0 Å². The smallest absolute Gasteiger partial charge is 0.475 e. The van der Waals surface area contributed by atoms with E-state index in [1.54, 1.807) is 27.8 Å². The zero-order valence-corrected chi connectivity index (χ0v) is 22.0. The maximum Gasteiger partial charge on any atom is 0.490 e. The second kappa shape index (κ2) is 11.5. The van der Waals surface area contributed by atoms with Gasteiger partial charge in [-0.2, -0.15) is 13.2 Å². The van der Waals surface area contributed by atoms with E-state index in [0.717, 1.165) is 5.56 Å². The highest BCUT2D eigenvalue weighted by atomic mass is 19.4. The van der Waals surface area contributed by atoms with Crippen LogP contribution in [0.15, 0.2) is 65.4 Å². The molecular weight excluding hydrogens is 576 g/mol. The number of halogens is 4. The van der Waals surface area contributed by atoms with Gasteiger partial charge in [0.1, 0.15) is 11.3 Å². The first-order valence-electron chi connectivity index (χ1n) is 12.6. The molecule has 0 bridgehead atoms. The van der Waals surface area contributed by atoms with Crippen molar-refractivity contribution in [2.45, 2.75) is 18.6 Å². The van der Waals surface area contributed by atoms with Crippen LogP contribution in [0, 0.1) is 5.82 Å². The number of nitrogens with two attached hydrogens (primary N) is 2. The number of amides is 1. The molecule has 3 aromatic heterocycles. The zero-order chi connectivity index (χ0) is 30.9. The highest BCUT2D eigenvalue weighted by Crippen LogP contribution is 2.36. The predicted octanol–water partition coefficient (Wildman–Crippen LogP) is 3.67. The number of likely N-dealkylation sites (tertiary alicyclic amines) is 1. The number of nitrogen functional groups attached to an aromatic ring is 1. The number of carboxylic acid groups (broad SMARTS) is 1. The minimum Gasteiger partial charge on any atom is -0.475 e. The Morgan fingerprint density at radius 3 is 2.26 bits per heavy atom. The largest absolute Gasteiger partial charge is 0.490 e. The van der Waals surface area contributed by atoms with Crippen molar-refractivity contribution in [3.8, 4) is 28.5 Å². The molecule has 2 aromatic carbocycles. The number of hydrogen-bond acceptors (Lipinski definition) is 9. The molecule has 0 aliphatic carbocycles. The minimum atomic E-state index is -5.08. The van der Waals surface area contributed by atoms with Crippen molar-refractivity contribution in [3.63, 3.8) is 0 Å². The third-order valence-corrected chi connectivity index (χ3v) is 6.52. The lowest BCUT2D eigenvalue weighted by atomic mass is 10.1. The van der Waals surface area contributed by atoms with Crippen molar-refractivity contribution >= 4 is 28.7 Å². The van der Waals surface area contributed by atoms with E-state index in [-0.39, 0.29) is 29.3 Å². The molecule has 5 N–H and O–H groups in total. The number of fused-ring (bicyclic) bond motifs is 1. The van der Waals surface area contributed by atoms with Gasteiger partial charge >= 0.3 is 12.1 Å². The lowest BCUT2D eigenvalue weighted by Gasteiger charge is -2.18. The number of aromatic nitrogens is 5. The van der Waals surface area contributed by atoms with Crippen LogP contribution in [-0.4, -0.2) is 72.0 Å². The van der Waals surface area contributed by atoms with Crippen molar-refractivity contribution in [1.29, 1.82) is 0 Å². The van der Waals surface area contributed by atoms with Crippen molar-refractivity contribution < 1.29 is 36.9 Å². The third-order valence-electron chi connectivity index (χ3n) is 6.52. The summed E-state index contributed by atoms with van der Waals surface area (Å²) in [5.41, 5.74) is 15.5. The highest BCUT2D eigenvalue weighted by Gasteiger charge is 2.38. The molecule has 5 aromatic rings. The maximum absolute atomic E-state index is 13.8. The van der Waals surface area contributed by atoms with Gasteiger partial charge in [0.2, 0.25) is 0 Å². The van der Waals surface area contributed by atoms with Gasteiger partial charge in [-0.05, 0) is 41.0 Å². The van der Waals surface area contributed by atoms with E-state index >= 15 is 0 Å². The number of carboxylic acids is 1. The second-order valence-electron chi connectivity index (χ2n) is 9.43. The topological polar surface area (TPSA) is 179 Å². The van der Waals surface area contributed by atoms with Crippen LogP contribution >= 0.6 is 0 Å². The van der Waals surface area contributed by atoms with Crippen molar-refractivity contribution in [2.24, 2.45) is 5.73 Å². The van der Waals surface area contributed by atoms with Crippen molar-refractivity contribution in [1.82, 2.24) is 29.7 Å². The van der Waals surface area contributed by atoms with E-state index in [0.29, 0.717) is 47.5 Å². The average Bonchev–Trinajstić information content (AvgIpc) is 3.71. The standard InChI is InChI=1S/C25H21FN8O2.C2HF3O2/c26-15-6-8-17(9-7-15)34-22-18(25(35)33-11-10-16(27)13-33)12-29-19(14-4-2-1-3-5-14)20(22)30-24(34)21-23(28)32-36-31-21;3-2(4,5)1(6)7/h1-9,12,16H,10-11,13,27H2,(H2,28,32);(H,6,7). The SMILES string of the molecule is Nc1nonc1-c1nc2c(-c3ccccc3)ncc(C(=O)N3CCC(N)C3)c2n1-c1ccc(F)cc1.O=C(O)C(F)(F)F. The number of rotatable bonds is 4. The fourth-order valence-electron chi connectivity index (χ4n) is 4.54. The Hall–Kier alpha value is -5.38. The van der Waals surface area contributed by atoms with E-state index in [9.17, 15) is 22.4 Å². The molecule has 12 nitrogen and oxygen atoms in total. The van der Waals surface area contributed by atoms with Crippen LogP contribution in [0.25, 0.3) is 39.5 Å². The number of benzene rings is 2. The molecule has 0 radical (unpaired) electrons. The van der Waals surface area contributed by atoms with E-state index in [4.69, 9.17) is 31.0 Å².